The summed E-state index contributed by atoms with van der Waals surface area (Å²) < 4.78 is 67.7. The summed E-state index contributed by atoms with van der Waals surface area (Å²) in [6, 6.07) is 8.02. The molecule has 0 unspecified atom stereocenters. The average Bonchev–Trinajstić information content (AvgIpc) is 3.15. The molecular weight excluding hydrogens is 514 g/mol. The number of nitrogens with zero attached hydrogens (tertiary/aromatic N) is 1. The highest BCUT2D eigenvalue weighted by atomic mass is 28.4. The van der Waals surface area contributed by atoms with E-state index in [1.807, 2.05) is 43.9 Å². The fourth-order valence-electron chi connectivity index (χ4n) is 5.40. The van der Waals surface area contributed by atoms with Gasteiger partial charge in [-0.05, 0) is 56.7 Å². The van der Waals surface area contributed by atoms with Crippen LogP contribution in [0, 0.1) is 17.6 Å². The molecule has 0 aliphatic carbocycles. The number of carbonyl (C=O) groups excluding carboxylic acids is 1. The number of hydrogen-bond acceptors (Lipinski definition) is 4. The van der Waals surface area contributed by atoms with Gasteiger partial charge in [-0.15, -0.1) is 0 Å². The van der Waals surface area contributed by atoms with Gasteiger partial charge >= 0.3 is 0 Å². The Morgan fingerprint density at radius 2 is 1.79 bits per heavy atom. The van der Waals surface area contributed by atoms with Gasteiger partial charge in [-0.25, -0.2) is 17.6 Å². The van der Waals surface area contributed by atoms with Crippen molar-refractivity contribution in [3.8, 4) is 0 Å². The van der Waals surface area contributed by atoms with E-state index in [1.165, 1.54) is 4.90 Å². The fourth-order valence-corrected chi connectivity index (χ4v) is 6.04. The van der Waals surface area contributed by atoms with Crippen LogP contribution < -0.4 is 5.32 Å². The molecule has 2 aromatic carbocycles. The molecular formula is C28H33F4N3O2Si. The zero-order chi connectivity index (χ0) is 27.4. The molecule has 204 valence electrons. The first-order chi connectivity index (χ1) is 17.8. The topological polar surface area (TPSA) is 57.4 Å². The Morgan fingerprint density at radius 3 is 2.39 bits per heavy atom. The number of H-pyrrole nitrogens is 1. The fraction of sp³-hybridized carbons (Fsp3) is 0.464. The summed E-state index contributed by atoms with van der Waals surface area (Å²) in [4.78, 5) is 17.4. The van der Waals surface area contributed by atoms with E-state index < -0.39 is 51.1 Å². The lowest BCUT2D eigenvalue weighted by Gasteiger charge is -2.42. The number of carbonyl (C=O) groups is 1. The van der Waals surface area contributed by atoms with E-state index in [4.69, 9.17) is 4.43 Å². The van der Waals surface area contributed by atoms with Crippen LogP contribution in [0.5, 0.6) is 0 Å². The number of hydrogen-bond donors (Lipinski definition) is 2. The molecule has 2 N–H and O–H groups in total. The Hall–Kier alpha value is -2.53. The molecule has 38 heavy (non-hydrogen) atoms. The smallest absolute Gasteiger partial charge is 0.282 e. The van der Waals surface area contributed by atoms with E-state index in [-0.39, 0.29) is 22.8 Å². The number of rotatable bonds is 8. The third-order valence-corrected chi connectivity index (χ3v) is 8.45. The summed E-state index contributed by atoms with van der Waals surface area (Å²) >= 11 is 0. The Balaban J connectivity index is 1.60. The van der Waals surface area contributed by atoms with Crippen molar-refractivity contribution in [2.45, 2.75) is 51.0 Å². The van der Waals surface area contributed by atoms with Crippen molar-refractivity contribution in [2.75, 3.05) is 26.2 Å². The van der Waals surface area contributed by atoms with Gasteiger partial charge in [0.05, 0.1) is 19.2 Å². The van der Waals surface area contributed by atoms with E-state index in [0.29, 0.717) is 25.2 Å². The SMILES string of the molecule is C[C@@H]1Cc2c([nH]c3ccccc23)[C@@H](c2c(F)cc(C(=O)C3CNC3)cc2F)N1CC(F)(F)CO[Si](C)(C)C. The molecule has 3 heterocycles. The monoisotopic (exact) mass is 547 g/mol. The molecule has 2 atom stereocenters. The first-order valence-electron chi connectivity index (χ1n) is 13.0. The number of Topliss-reactive ketones (excluding diaryl/α,β-unsaturated/α-hetero) is 1. The molecule has 0 bridgehead atoms. The lowest BCUT2D eigenvalue weighted by atomic mass is 9.86. The predicted molar refractivity (Wildman–Crippen MR) is 141 cm³/mol. The lowest BCUT2D eigenvalue weighted by molar-refractivity contribution is -0.0823. The van der Waals surface area contributed by atoms with Crippen LogP contribution in [0.3, 0.4) is 0 Å². The minimum absolute atomic E-state index is 0.0450. The molecule has 1 saturated heterocycles. The van der Waals surface area contributed by atoms with Crippen LogP contribution in [-0.4, -0.2) is 62.2 Å². The molecule has 5 rings (SSSR count). The van der Waals surface area contributed by atoms with Crippen molar-refractivity contribution >= 4 is 25.0 Å². The Labute approximate surface area is 220 Å². The number of benzene rings is 2. The number of nitrogens with one attached hydrogen (secondary N) is 2. The van der Waals surface area contributed by atoms with Gasteiger partial charge in [-0.3, -0.25) is 9.69 Å². The maximum Gasteiger partial charge on any atom is 0.282 e. The highest BCUT2D eigenvalue weighted by molar-refractivity contribution is 6.69. The Morgan fingerprint density at radius 1 is 1.13 bits per heavy atom. The molecule has 0 amide bonds. The largest absolute Gasteiger partial charge is 0.411 e. The van der Waals surface area contributed by atoms with Crippen LogP contribution in [-0.2, 0) is 10.8 Å². The molecule has 2 aliphatic heterocycles. The van der Waals surface area contributed by atoms with E-state index in [9.17, 15) is 4.79 Å². The maximum absolute atomic E-state index is 15.8. The number of halogens is 4. The summed E-state index contributed by atoms with van der Waals surface area (Å²) in [5.41, 5.74) is 1.74. The third-order valence-electron chi connectivity index (χ3n) is 7.44. The van der Waals surface area contributed by atoms with Gasteiger partial charge in [0.1, 0.15) is 11.6 Å². The van der Waals surface area contributed by atoms with Gasteiger partial charge < -0.3 is 14.7 Å². The summed E-state index contributed by atoms with van der Waals surface area (Å²) in [5, 5.41) is 3.88. The molecule has 2 aliphatic rings. The number of fused-ring (bicyclic) bond motifs is 3. The second kappa shape index (κ2) is 9.89. The minimum atomic E-state index is -3.24. The van der Waals surface area contributed by atoms with E-state index in [2.05, 4.69) is 10.3 Å². The van der Waals surface area contributed by atoms with Gasteiger partial charge in [0, 0.05) is 52.8 Å². The van der Waals surface area contributed by atoms with Crippen molar-refractivity contribution in [3.63, 3.8) is 0 Å². The number of aromatic amines is 1. The number of para-hydroxylation sites is 1. The quantitative estimate of drug-likeness (QED) is 0.217. The normalized spacial score (nSPS) is 20.9. The van der Waals surface area contributed by atoms with Crippen molar-refractivity contribution in [2.24, 2.45) is 5.92 Å². The second-order valence-corrected chi connectivity index (χ2v) is 16.0. The Bertz CT molecular complexity index is 1340. The predicted octanol–water partition coefficient (Wildman–Crippen LogP) is 5.67. The highest BCUT2D eigenvalue weighted by Crippen LogP contribution is 2.43. The molecule has 0 spiro atoms. The minimum Gasteiger partial charge on any atom is -0.411 e. The number of ketones is 1. The molecule has 0 radical (unpaired) electrons. The molecule has 3 aromatic rings. The van der Waals surface area contributed by atoms with Crippen LogP contribution in [0.4, 0.5) is 17.6 Å². The van der Waals surface area contributed by atoms with Crippen molar-refractivity contribution in [1.82, 2.24) is 15.2 Å². The summed E-state index contributed by atoms with van der Waals surface area (Å²) in [7, 11) is -2.21. The average molecular weight is 548 g/mol. The third kappa shape index (κ3) is 5.19. The highest BCUT2D eigenvalue weighted by Gasteiger charge is 2.44. The van der Waals surface area contributed by atoms with Crippen LogP contribution in [0.2, 0.25) is 19.6 Å². The van der Waals surface area contributed by atoms with Crippen molar-refractivity contribution < 1.29 is 26.8 Å². The maximum atomic E-state index is 15.8. The second-order valence-electron chi connectivity index (χ2n) is 11.5. The molecule has 0 saturated carbocycles. The molecule has 10 heteroatoms. The molecule has 1 aromatic heterocycles. The number of alkyl halides is 2. The van der Waals surface area contributed by atoms with E-state index >= 15 is 17.6 Å². The zero-order valence-corrected chi connectivity index (χ0v) is 23.0. The van der Waals surface area contributed by atoms with E-state index in [0.717, 1.165) is 28.6 Å². The molecule has 1 fully saturated rings. The summed E-state index contributed by atoms with van der Waals surface area (Å²) in [6.45, 7) is 6.73. The first kappa shape index (κ1) is 27.0. The zero-order valence-electron chi connectivity index (χ0n) is 22.0. The van der Waals surface area contributed by atoms with E-state index in [1.54, 1.807) is 6.92 Å². The van der Waals surface area contributed by atoms with Crippen LogP contribution >= 0.6 is 0 Å². The van der Waals surface area contributed by atoms with Crippen molar-refractivity contribution in [3.05, 3.63) is 70.4 Å². The van der Waals surface area contributed by atoms with Gasteiger partial charge in [0.2, 0.25) is 0 Å². The lowest BCUT2D eigenvalue weighted by Crippen LogP contribution is -2.50. The standard InChI is InChI=1S/C28H33F4N3O2Si/c1-16-9-20-19-7-5-6-8-23(19)34-25(20)26(35(16)14-28(31,32)15-37-38(2,3)4)24-21(29)10-17(11-22(24)30)27(36)18-12-33-13-18/h5-8,10-11,16,18,26,33-34H,9,12-15H2,1-4H3/t16-,26-/m1/s1. The van der Waals surface area contributed by atoms with Gasteiger partial charge in [0.15, 0.2) is 14.1 Å². The van der Waals surface area contributed by atoms with Gasteiger partial charge in [-0.1, -0.05) is 18.2 Å². The number of aromatic nitrogens is 1. The van der Waals surface area contributed by atoms with Gasteiger partial charge in [0.25, 0.3) is 5.92 Å². The van der Waals surface area contributed by atoms with Gasteiger partial charge in [-0.2, -0.15) is 0 Å². The van der Waals surface area contributed by atoms with Crippen LogP contribution in [0.1, 0.15) is 40.1 Å². The Kier molecular flexibility index (Phi) is 7.04. The summed E-state index contributed by atoms with van der Waals surface area (Å²) in [6.07, 6.45) is 0.440. The van der Waals surface area contributed by atoms with Crippen LogP contribution in [0.15, 0.2) is 36.4 Å². The van der Waals surface area contributed by atoms with Crippen molar-refractivity contribution in [1.29, 1.82) is 0 Å². The first-order valence-corrected chi connectivity index (χ1v) is 16.4. The summed E-state index contributed by atoms with van der Waals surface area (Å²) in [5.74, 6) is -5.73. The molecule has 5 nitrogen and oxygen atoms in total. The van der Waals surface area contributed by atoms with Crippen LogP contribution in [0.25, 0.3) is 10.9 Å².